The summed E-state index contributed by atoms with van der Waals surface area (Å²) in [4.78, 5) is 2.43. The fourth-order valence-electron chi connectivity index (χ4n) is 12.6. The van der Waals surface area contributed by atoms with Gasteiger partial charge < -0.3 is 9.47 Å². The van der Waals surface area contributed by atoms with Gasteiger partial charge in [-0.25, -0.2) is 0 Å². The van der Waals surface area contributed by atoms with Gasteiger partial charge in [-0.3, -0.25) is 0 Å². The van der Waals surface area contributed by atoms with E-state index in [1.165, 1.54) is 111 Å². The molecule has 1 aliphatic carbocycles. The second kappa shape index (κ2) is 16.3. The lowest BCUT2D eigenvalue weighted by Crippen LogP contribution is -2.33. The van der Waals surface area contributed by atoms with Crippen molar-refractivity contribution in [3.63, 3.8) is 0 Å². The molecule has 1 aromatic heterocycles. The first kappa shape index (κ1) is 41.3. The monoisotopic (exact) mass is 926 g/mol. The van der Waals surface area contributed by atoms with Crippen LogP contribution >= 0.6 is 0 Å². The number of hydrogen-bond donors (Lipinski definition) is 0. The van der Waals surface area contributed by atoms with Crippen LogP contribution in [0.25, 0.3) is 93.9 Å². The van der Waals surface area contributed by atoms with Crippen LogP contribution in [0.1, 0.15) is 22.3 Å². The van der Waals surface area contributed by atoms with Crippen LogP contribution in [0.4, 0.5) is 17.1 Å². The Hall–Kier alpha value is -9.50. The van der Waals surface area contributed by atoms with Gasteiger partial charge in [0.25, 0.3) is 0 Å². The number of rotatable bonds is 7. The molecule has 0 saturated carbocycles. The topological polar surface area (TPSA) is 8.17 Å². The van der Waals surface area contributed by atoms with Crippen molar-refractivity contribution in [3.8, 4) is 61.3 Å². The molecule has 12 aromatic carbocycles. The van der Waals surface area contributed by atoms with Gasteiger partial charge >= 0.3 is 0 Å². The molecular formula is C71H46N2. The molecule has 340 valence electrons. The highest BCUT2D eigenvalue weighted by Crippen LogP contribution is 2.61. The lowest BCUT2D eigenvalue weighted by molar-refractivity contribution is 0.749. The standard InChI is InChI=1S/C71H46N2/c1-3-18-47(19-4-1)49-22-15-24-55(43-49)58-26-8-12-33-67(58)72(56-25-16-23-50(44-56)48-20-5-2-6-21-48)57-40-38-52-42-51(36-37-53(52)45-57)54-39-41-60-59-27-7-10-30-63(59)71(66(60)46-54)64-31-11-14-35-69(64)73-68-34-13-9-28-61(68)62-29-17-32-65(71)70(62)73/h1-46H. The summed E-state index contributed by atoms with van der Waals surface area (Å²) in [7, 11) is 0. The van der Waals surface area contributed by atoms with Gasteiger partial charge in [0.05, 0.1) is 27.8 Å². The van der Waals surface area contributed by atoms with E-state index in [2.05, 4.69) is 289 Å². The van der Waals surface area contributed by atoms with Crippen LogP contribution in [0.3, 0.4) is 0 Å². The summed E-state index contributed by atoms with van der Waals surface area (Å²) >= 11 is 0. The average molecular weight is 927 g/mol. The molecular weight excluding hydrogens is 881 g/mol. The van der Waals surface area contributed by atoms with E-state index in [1.54, 1.807) is 0 Å². The molecule has 13 aromatic rings. The Morgan fingerprint density at radius 2 is 0.836 bits per heavy atom. The zero-order valence-corrected chi connectivity index (χ0v) is 40.0. The van der Waals surface area contributed by atoms with E-state index in [0.29, 0.717) is 0 Å². The number of anilines is 3. The molecule has 2 heteroatoms. The normalized spacial score (nSPS) is 14.1. The minimum atomic E-state index is -0.505. The predicted octanol–water partition coefficient (Wildman–Crippen LogP) is 18.8. The van der Waals surface area contributed by atoms with E-state index in [1.807, 2.05) is 0 Å². The molecule has 73 heavy (non-hydrogen) atoms. The Bertz CT molecular complexity index is 4330. The van der Waals surface area contributed by atoms with Gasteiger partial charge in [-0.2, -0.15) is 0 Å². The molecule has 0 fully saturated rings. The Balaban J connectivity index is 0.879. The van der Waals surface area contributed by atoms with Crippen molar-refractivity contribution in [1.29, 1.82) is 0 Å². The van der Waals surface area contributed by atoms with Gasteiger partial charge in [0, 0.05) is 27.7 Å². The molecule has 1 spiro atoms. The van der Waals surface area contributed by atoms with E-state index in [4.69, 9.17) is 0 Å². The van der Waals surface area contributed by atoms with Gasteiger partial charge in [0.2, 0.25) is 0 Å². The quantitative estimate of drug-likeness (QED) is 0.155. The second-order valence-electron chi connectivity index (χ2n) is 19.6. The van der Waals surface area contributed by atoms with E-state index >= 15 is 0 Å². The van der Waals surface area contributed by atoms with Crippen LogP contribution in [-0.2, 0) is 5.41 Å². The van der Waals surface area contributed by atoms with Crippen LogP contribution in [0, 0.1) is 0 Å². The molecule has 0 bridgehead atoms. The number of nitrogens with zero attached hydrogens (tertiary/aromatic N) is 2. The van der Waals surface area contributed by atoms with Crippen molar-refractivity contribution < 1.29 is 0 Å². The van der Waals surface area contributed by atoms with Crippen molar-refractivity contribution in [3.05, 3.63) is 301 Å². The van der Waals surface area contributed by atoms with Crippen LogP contribution in [0.15, 0.2) is 279 Å². The summed E-state index contributed by atoms with van der Waals surface area (Å²) in [5.74, 6) is 0. The fourth-order valence-corrected chi connectivity index (χ4v) is 12.6. The summed E-state index contributed by atoms with van der Waals surface area (Å²) in [5, 5.41) is 4.95. The number of para-hydroxylation sites is 4. The molecule has 2 heterocycles. The molecule has 1 atom stereocenters. The first-order valence-electron chi connectivity index (χ1n) is 25.3. The van der Waals surface area contributed by atoms with Crippen molar-refractivity contribution in [1.82, 2.24) is 4.57 Å². The molecule has 1 aliphatic heterocycles. The Morgan fingerprint density at radius 1 is 0.288 bits per heavy atom. The third-order valence-electron chi connectivity index (χ3n) is 15.7. The zero-order chi connectivity index (χ0) is 48.0. The molecule has 0 N–H and O–H groups in total. The molecule has 0 radical (unpaired) electrons. The van der Waals surface area contributed by atoms with Crippen LogP contribution in [-0.4, -0.2) is 4.57 Å². The third kappa shape index (κ3) is 6.24. The van der Waals surface area contributed by atoms with Crippen LogP contribution in [0.2, 0.25) is 0 Å². The Morgan fingerprint density at radius 3 is 1.68 bits per heavy atom. The number of benzene rings is 12. The van der Waals surface area contributed by atoms with Crippen molar-refractivity contribution in [2.45, 2.75) is 5.41 Å². The summed E-state index contributed by atoms with van der Waals surface area (Å²) in [6.07, 6.45) is 0. The maximum absolute atomic E-state index is 2.52. The van der Waals surface area contributed by atoms with Gasteiger partial charge in [-0.15, -0.1) is 0 Å². The van der Waals surface area contributed by atoms with Gasteiger partial charge in [0.1, 0.15) is 0 Å². The fraction of sp³-hybridized carbons (Fsp3) is 0.0141. The summed E-state index contributed by atoms with van der Waals surface area (Å²) < 4.78 is 2.52. The second-order valence-corrected chi connectivity index (χ2v) is 19.6. The Kier molecular flexibility index (Phi) is 9.21. The van der Waals surface area contributed by atoms with E-state index in [0.717, 1.165) is 22.6 Å². The maximum Gasteiger partial charge on any atom is 0.0754 e. The summed E-state index contributed by atoms with van der Waals surface area (Å²) in [6, 6.07) is 103. The molecule has 15 rings (SSSR count). The van der Waals surface area contributed by atoms with E-state index in [-0.39, 0.29) is 0 Å². The average Bonchev–Trinajstić information content (AvgIpc) is 3.96. The Labute approximate surface area is 425 Å². The third-order valence-corrected chi connectivity index (χ3v) is 15.7. The molecule has 0 amide bonds. The van der Waals surface area contributed by atoms with E-state index in [9.17, 15) is 0 Å². The van der Waals surface area contributed by atoms with Crippen molar-refractivity contribution in [2.24, 2.45) is 0 Å². The highest BCUT2D eigenvalue weighted by Gasteiger charge is 2.50. The van der Waals surface area contributed by atoms with Crippen LogP contribution in [0.5, 0.6) is 0 Å². The predicted molar refractivity (Wildman–Crippen MR) is 306 cm³/mol. The summed E-state index contributed by atoms with van der Waals surface area (Å²) in [6.45, 7) is 0. The molecule has 0 saturated heterocycles. The van der Waals surface area contributed by atoms with Gasteiger partial charge in [0.15, 0.2) is 0 Å². The first-order valence-corrected chi connectivity index (χ1v) is 25.3. The zero-order valence-electron chi connectivity index (χ0n) is 40.0. The molecule has 2 aliphatic rings. The van der Waals surface area contributed by atoms with E-state index < -0.39 is 5.41 Å². The van der Waals surface area contributed by atoms with Crippen LogP contribution < -0.4 is 4.90 Å². The smallest absolute Gasteiger partial charge is 0.0754 e. The highest BCUT2D eigenvalue weighted by molar-refractivity contribution is 6.13. The number of fused-ring (bicyclic) bond motifs is 13. The summed E-state index contributed by atoms with van der Waals surface area (Å²) in [5.41, 5.74) is 24.0. The first-order chi connectivity index (χ1) is 36.2. The number of aromatic nitrogens is 1. The lowest BCUT2D eigenvalue weighted by Gasteiger charge is -2.39. The molecule has 1 unspecified atom stereocenters. The number of hydrogen-bond acceptors (Lipinski definition) is 1. The maximum atomic E-state index is 2.52. The van der Waals surface area contributed by atoms with Crippen molar-refractivity contribution >= 4 is 49.6 Å². The minimum absolute atomic E-state index is 0.505. The van der Waals surface area contributed by atoms with Gasteiger partial charge in [-0.05, 0) is 144 Å². The molecule has 2 nitrogen and oxygen atoms in total. The largest absolute Gasteiger partial charge is 0.310 e. The minimum Gasteiger partial charge on any atom is -0.310 e. The van der Waals surface area contributed by atoms with Gasteiger partial charge in [-0.1, -0.05) is 218 Å². The van der Waals surface area contributed by atoms with Crippen molar-refractivity contribution in [2.75, 3.05) is 4.90 Å². The SMILES string of the molecule is c1ccc(-c2cccc(-c3ccccc3N(c3cccc(-c4ccccc4)c3)c3ccc4cc(-c5ccc6c(c5)C5(c7ccccc7-6)c6ccccc6-n6c7ccccc7c7cccc5c76)ccc4c3)c2)cc1. The highest BCUT2D eigenvalue weighted by atomic mass is 15.1. The lowest BCUT2D eigenvalue weighted by atomic mass is 9.65.